The number of thiazole rings is 1. The summed E-state index contributed by atoms with van der Waals surface area (Å²) in [7, 11) is 0. The molecular weight excluding hydrogens is 529 g/mol. The standard InChI is InChI=1S/C20H33N7S2.HI/c1-4-21-19(23-13-11-18-24-14-15(2)29-18)22-12-7-10-17-25-26-20(28-3)27(17)16-8-5-6-9-16;/h14,16H,4-13H2,1-3H3,(H2,21,22,23);1H. The van der Waals surface area contributed by atoms with E-state index in [0.29, 0.717) is 6.04 Å². The largest absolute Gasteiger partial charge is 0.357 e. The van der Waals surface area contributed by atoms with E-state index in [2.05, 4.69) is 50.5 Å². The fourth-order valence-corrected chi connectivity index (χ4v) is 5.08. The van der Waals surface area contributed by atoms with E-state index in [9.17, 15) is 0 Å². The van der Waals surface area contributed by atoms with Gasteiger partial charge in [0.15, 0.2) is 11.1 Å². The van der Waals surface area contributed by atoms with Crippen LogP contribution in [0.3, 0.4) is 0 Å². The molecule has 2 aromatic heterocycles. The van der Waals surface area contributed by atoms with Crippen LogP contribution in [0, 0.1) is 6.92 Å². The first kappa shape index (κ1) is 25.4. The molecule has 0 saturated heterocycles. The van der Waals surface area contributed by atoms with Gasteiger partial charge >= 0.3 is 0 Å². The van der Waals surface area contributed by atoms with Gasteiger partial charge in [-0.1, -0.05) is 24.6 Å². The summed E-state index contributed by atoms with van der Waals surface area (Å²) < 4.78 is 2.39. The van der Waals surface area contributed by atoms with Crippen LogP contribution in [0.25, 0.3) is 0 Å². The summed E-state index contributed by atoms with van der Waals surface area (Å²) >= 11 is 3.46. The fraction of sp³-hybridized carbons (Fsp3) is 0.700. The summed E-state index contributed by atoms with van der Waals surface area (Å²) in [5.41, 5.74) is 0. The van der Waals surface area contributed by atoms with Gasteiger partial charge in [-0.2, -0.15) is 0 Å². The summed E-state index contributed by atoms with van der Waals surface area (Å²) in [4.78, 5) is 10.4. The maximum atomic E-state index is 4.73. The van der Waals surface area contributed by atoms with Crippen LogP contribution in [0.5, 0.6) is 0 Å². The fourth-order valence-electron chi connectivity index (χ4n) is 3.72. The summed E-state index contributed by atoms with van der Waals surface area (Å²) in [5.74, 6) is 2.00. The Bertz CT molecular complexity index is 784. The highest BCUT2D eigenvalue weighted by Gasteiger charge is 2.23. The van der Waals surface area contributed by atoms with Crippen molar-refractivity contribution in [2.45, 2.75) is 70.0 Å². The molecule has 7 nitrogen and oxygen atoms in total. The van der Waals surface area contributed by atoms with E-state index in [4.69, 9.17) is 4.99 Å². The van der Waals surface area contributed by atoms with E-state index in [-0.39, 0.29) is 24.0 Å². The lowest BCUT2D eigenvalue weighted by Gasteiger charge is -2.16. The molecule has 1 aliphatic rings. The van der Waals surface area contributed by atoms with Crippen molar-refractivity contribution in [3.05, 3.63) is 21.9 Å². The van der Waals surface area contributed by atoms with Gasteiger partial charge < -0.3 is 15.2 Å². The number of aromatic nitrogens is 4. The molecule has 0 radical (unpaired) electrons. The molecule has 3 rings (SSSR count). The van der Waals surface area contributed by atoms with Crippen LogP contribution in [-0.4, -0.2) is 51.6 Å². The summed E-state index contributed by atoms with van der Waals surface area (Å²) in [6, 6.07) is 0.583. The number of halogens is 1. The molecule has 0 aromatic carbocycles. The number of aliphatic imine (C=N–C) groups is 1. The minimum absolute atomic E-state index is 0. The molecule has 1 fully saturated rings. The average Bonchev–Trinajstić information content (AvgIpc) is 3.45. The van der Waals surface area contributed by atoms with Gasteiger partial charge in [-0.3, -0.25) is 4.99 Å². The van der Waals surface area contributed by atoms with Gasteiger partial charge in [-0.05, 0) is 39.4 Å². The highest BCUT2D eigenvalue weighted by molar-refractivity contribution is 14.0. The molecule has 0 atom stereocenters. The molecule has 1 aliphatic carbocycles. The van der Waals surface area contributed by atoms with Crippen molar-refractivity contribution >= 4 is 53.0 Å². The molecule has 2 aromatic rings. The third kappa shape index (κ3) is 7.37. The highest BCUT2D eigenvalue weighted by Crippen LogP contribution is 2.33. The van der Waals surface area contributed by atoms with E-state index in [1.54, 1.807) is 23.1 Å². The smallest absolute Gasteiger partial charge is 0.191 e. The van der Waals surface area contributed by atoms with E-state index in [1.807, 2.05) is 6.20 Å². The number of guanidine groups is 1. The normalized spacial score (nSPS) is 14.7. The molecular formula is C20H34IN7S2. The zero-order chi connectivity index (χ0) is 20.5. The van der Waals surface area contributed by atoms with Crippen LogP contribution in [0.2, 0.25) is 0 Å². The predicted molar refractivity (Wildman–Crippen MR) is 138 cm³/mol. The molecule has 168 valence electrons. The predicted octanol–water partition coefficient (Wildman–Crippen LogP) is 4.23. The topological polar surface area (TPSA) is 80.0 Å². The van der Waals surface area contributed by atoms with E-state index in [1.165, 1.54) is 35.6 Å². The molecule has 1 saturated carbocycles. The number of rotatable bonds is 10. The maximum absolute atomic E-state index is 4.73. The summed E-state index contributed by atoms with van der Waals surface area (Å²) in [5, 5.41) is 17.8. The molecule has 0 unspecified atom stereocenters. The lowest BCUT2D eigenvalue weighted by Crippen LogP contribution is -2.38. The molecule has 2 N–H and O–H groups in total. The van der Waals surface area contributed by atoms with Gasteiger partial charge in [0.2, 0.25) is 0 Å². The van der Waals surface area contributed by atoms with Crippen molar-refractivity contribution in [1.29, 1.82) is 0 Å². The molecule has 0 aliphatic heterocycles. The van der Waals surface area contributed by atoms with Crippen LogP contribution in [0.1, 0.15) is 60.8 Å². The Labute approximate surface area is 205 Å². The quantitative estimate of drug-likeness (QED) is 0.148. The Kier molecular flexibility index (Phi) is 11.4. The van der Waals surface area contributed by atoms with E-state index in [0.717, 1.165) is 55.8 Å². The third-order valence-corrected chi connectivity index (χ3v) is 6.70. The van der Waals surface area contributed by atoms with Crippen LogP contribution in [0.15, 0.2) is 16.3 Å². The Balaban J connectivity index is 0.00000320. The zero-order valence-electron chi connectivity index (χ0n) is 18.2. The number of nitrogens with one attached hydrogen (secondary N) is 2. The first-order valence-corrected chi connectivity index (χ1v) is 12.7. The van der Waals surface area contributed by atoms with Crippen molar-refractivity contribution < 1.29 is 0 Å². The summed E-state index contributed by atoms with van der Waals surface area (Å²) in [6.45, 7) is 6.66. The molecule has 0 bridgehead atoms. The minimum atomic E-state index is 0. The Hall–Kier alpha value is -0.880. The van der Waals surface area contributed by atoms with Crippen LogP contribution >= 0.6 is 47.1 Å². The number of aryl methyl sites for hydroxylation is 2. The van der Waals surface area contributed by atoms with E-state index < -0.39 is 0 Å². The number of hydrogen-bond donors (Lipinski definition) is 2. The van der Waals surface area contributed by atoms with Gasteiger partial charge in [-0.25, -0.2) is 4.98 Å². The second kappa shape index (κ2) is 13.5. The van der Waals surface area contributed by atoms with E-state index >= 15 is 0 Å². The van der Waals surface area contributed by atoms with Crippen molar-refractivity contribution in [3.63, 3.8) is 0 Å². The first-order valence-electron chi connectivity index (χ1n) is 10.6. The Morgan fingerprint density at radius 3 is 2.73 bits per heavy atom. The first-order chi connectivity index (χ1) is 14.2. The van der Waals surface area contributed by atoms with Gasteiger partial charge in [0.1, 0.15) is 5.82 Å². The zero-order valence-corrected chi connectivity index (χ0v) is 22.1. The highest BCUT2D eigenvalue weighted by atomic mass is 127. The lowest BCUT2D eigenvalue weighted by atomic mass is 10.2. The van der Waals surface area contributed by atoms with Gasteiger partial charge in [0, 0.05) is 49.6 Å². The number of thioether (sulfide) groups is 1. The lowest BCUT2D eigenvalue weighted by molar-refractivity contribution is 0.461. The van der Waals surface area contributed by atoms with Gasteiger partial charge in [0.05, 0.1) is 5.01 Å². The minimum Gasteiger partial charge on any atom is -0.357 e. The monoisotopic (exact) mass is 563 g/mol. The van der Waals surface area contributed by atoms with Crippen molar-refractivity contribution in [2.24, 2.45) is 4.99 Å². The van der Waals surface area contributed by atoms with Crippen LogP contribution in [0.4, 0.5) is 0 Å². The van der Waals surface area contributed by atoms with Crippen molar-refractivity contribution in [2.75, 3.05) is 25.9 Å². The molecule has 10 heteroatoms. The number of nitrogens with zero attached hydrogens (tertiary/aromatic N) is 5. The Morgan fingerprint density at radius 2 is 2.07 bits per heavy atom. The van der Waals surface area contributed by atoms with Crippen molar-refractivity contribution in [3.8, 4) is 0 Å². The average molecular weight is 564 g/mol. The van der Waals surface area contributed by atoms with Gasteiger partial charge in [0.25, 0.3) is 0 Å². The maximum Gasteiger partial charge on any atom is 0.191 e. The Morgan fingerprint density at radius 1 is 1.27 bits per heavy atom. The van der Waals surface area contributed by atoms with Crippen LogP contribution < -0.4 is 10.6 Å². The molecule has 0 spiro atoms. The SMILES string of the molecule is CCNC(=NCCCc1nnc(SC)n1C1CCCC1)NCCc1ncc(C)s1.I. The molecule has 0 amide bonds. The third-order valence-electron chi connectivity index (χ3n) is 5.08. The van der Waals surface area contributed by atoms with Crippen LogP contribution in [-0.2, 0) is 12.8 Å². The second-order valence-electron chi connectivity index (χ2n) is 7.32. The summed E-state index contributed by atoms with van der Waals surface area (Å²) in [6.07, 6.45) is 12.0. The molecule has 30 heavy (non-hydrogen) atoms. The van der Waals surface area contributed by atoms with Crippen molar-refractivity contribution in [1.82, 2.24) is 30.4 Å². The number of hydrogen-bond acceptors (Lipinski definition) is 6. The van der Waals surface area contributed by atoms with Gasteiger partial charge in [-0.15, -0.1) is 45.5 Å². The molecule has 2 heterocycles. The second-order valence-corrected chi connectivity index (χ2v) is 9.41.